The van der Waals surface area contributed by atoms with E-state index in [0.717, 1.165) is 0 Å². The van der Waals surface area contributed by atoms with Gasteiger partial charge in [-0.1, -0.05) is 6.92 Å². The smallest absolute Gasteiger partial charge is 0.342 e. The summed E-state index contributed by atoms with van der Waals surface area (Å²) in [5, 5.41) is 0. The van der Waals surface area contributed by atoms with Crippen LogP contribution in [0.25, 0.3) is 5.95 Å². The molecule has 0 unspecified atom stereocenters. The molecule has 0 saturated carbocycles. The zero-order chi connectivity index (χ0) is 18.2. The lowest BCUT2D eigenvalue weighted by atomic mass is 10.1. The van der Waals surface area contributed by atoms with E-state index >= 15 is 0 Å². The average Bonchev–Trinajstić information content (AvgIpc) is 3.10. The maximum Gasteiger partial charge on any atom is 0.390 e. The van der Waals surface area contributed by atoms with E-state index in [1.807, 2.05) is 0 Å². The molecule has 0 spiro atoms. The van der Waals surface area contributed by atoms with E-state index < -0.39 is 18.6 Å². The van der Waals surface area contributed by atoms with Crippen LogP contribution in [0, 0.1) is 0 Å². The van der Waals surface area contributed by atoms with Crippen LogP contribution in [0.5, 0.6) is 0 Å². The lowest BCUT2D eigenvalue weighted by Gasteiger charge is -2.40. The second-order valence-corrected chi connectivity index (χ2v) is 5.73. The quantitative estimate of drug-likeness (QED) is 0.842. The molecule has 2 aromatic rings. The van der Waals surface area contributed by atoms with Crippen LogP contribution in [0.15, 0.2) is 24.9 Å². The number of imidazole rings is 1. The minimum Gasteiger partial charge on any atom is -0.342 e. The topological polar surface area (TPSA) is 67.2 Å². The van der Waals surface area contributed by atoms with Crippen LogP contribution in [-0.2, 0) is 4.79 Å². The molecule has 10 heteroatoms. The summed E-state index contributed by atoms with van der Waals surface area (Å²) in [5.74, 6) is 0.332. The monoisotopic (exact) mass is 354 g/mol. The molecular formula is C15H17F3N6O. The van der Waals surface area contributed by atoms with E-state index in [4.69, 9.17) is 0 Å². The largest absolute Gasteiger partial charge is 0.390 e. The Kier molecular flexibility index (Phi) is 4.36. The zero-order valence-corrected chi connectivity index (χ0v) is 13.7. The SMILES string of the molecule is CC[C@@H]1C(=O)N(C)c2cnc(-n3ccnc3)nc2N1CCC(F)(F)F. The molecule has 1 aliphatic heterocycles. The summed E-state index contributed by atoms with van der Waals surface area (Å²) in [6.07, 6.45) is 1.17. The highest BCUT2D eigenvalue weighted by atomic mass is 19.4. The predicted octanol–water partition coefficient (Wildman–Crippen LogP) is 2.18. The van der Waals surface area contributed by atoms with Crippen molar-refractivity contribution in [3.63, 3.8) is 0 Å². The van der Waals surface area contributed by atoms with E-state index in [1.54, 1.807) is 30.9 Å². The molecule has 0 fully saturated rings. The first-order chi connectivity index (χ1) is 11.8. The molecule has 3 rings (SSSR count). The maximum absolute atomic E-state index is 12.7. The standard InChI is InChI=1S/C15H17F3N6O/c1-3-10-13(25)22(2)11-8-20-14(23-7-5-19-9-23)21-12(11)24(10)6-4-15(16,17)18/h5,7-10H,3-4,6H2,1-2H3/t10-/m1/s1. The van der Waals surface area contributed by atoms with Gasteiger partial charge in [0.1, 0.15) is 18.1 Å². The third-order valence-electron chi connectivity index (χ3n) is 4.12. The molecule has 1 aliphatic rings. The summed E-state index contributed by atoms with van der Waals surface area (Å²) in [4.78, 5) is 27.8. The van der Waals surface area contributed by atoms with Crippen molar-refractivity contribution >= 4 is 17.4 Å². The minimum atomic E-state index is -4.31. The Balaban J connectivity index is 2.05. The fourth-order valence-electron chi connectivity index (χ4n) is 2.83. The second kappa shape index (κ2) is 6.34. The number of halogens is 3. The number of carbonyl (C=O) groups is 1. The number of amides is 1. The summed E-state index contributed by atoms with van der Waals surface area (Å²) < 4.78 is 39.7. The fraction of sp³-hybridized carbons (Fsp3) is 0.467. The Hall–Kier alpha value is -2.65. The number of anilines is 2. The van der Waals surface area contributed by atoms with E-state index in [-0.39, 0.29) is 18.4 Å². The third kappa shape index (κ3) is 3.28. The molecule has 2 aromatic heterocycles. The van der Waals surface area contributed by atoms with Gasteiger partial charge in [-0.15, -0.1) is 0 Å². The molecule has 1 atom stereocenters. The number of nitrogens with zero attached hydrogens (tertiary/aromatic N) is 6. The highest BCUT2D eigenvalue weighted by molar-refractivity contribution is 6.04. The van der Waals surface area contributed by atoms with Crippen molar-refractivity contribution in [2.45, 2.75) is 32.0 Å². The number of rotatable bonds is 4. The molecule has 0 bridgehead atoms. The Morgan fingerprint density at radius 3 is 2.68 bits per heavy atom. The van der Waals surface area contributed by atoms with Crippen LogP contribution in [0.2, 0.25) is 0 Å². The normalized spacial score (nSPS) is 17.8. The van der Waals surface area contributed by atoms with Crippen molar-refractivity contribution < 1.29 is 18.0 Å². The number of hydrogen-bond donors (Lipinski definition) is 0. The molecule has 7 nitrogen and oxygen atoms in total. The third-order valence-corrected chi connectivity index (χ3v) is 4.12. The van der Waals surface area contributed by atoms with Crippen LogP contribution in [0.4, 0.5) is 24.7 Å². The van der Waals surface area contributed by atoms with Crippen LogP contribution in [-0.4, -0.2) is 51.2 Å². The van der Waals surface area contributed by atoms with E-state index in [0.29, 0.717) is 17.9 Å². The molecule has 0 aliphatic carbocycles. The molecule has 0 radical (unpaired) electrons. The van der Waals surface area contributed by atoms with Gasteiger partial charge in [-0.2, -0.15) is 18.2 Å². The lowest BCUT2D eigenvalue weighted by molar-refractivity contribution is -0.133. The number of fused-ring (bicyclic) bond motifs is 1. The fourth-order valence-corrected chi connectivity index (χ4v) is 2.83. The summed E-state index contributed by atoms with van der Waals surface area (Å²) in [6, 6.07) is -0.689. The molecule has 0 aromatic carbocycles. The van der Waals surface area contributed by atoms with Gasteiger partial charge >= 0.3 is 6.18 Å². The van der Waals surface area contributed by atoms with Gasteiger partial charge in [-0.25, -0.2) is 9.97 Å². The molecule has 1 amide bonds. The molecule has 3 heterocycles. The Morgan fingerprint density at radius 1 is 1.32 bits per heavy atom. The average molecular weight is 354 g/mol. The number of alkyl halides is 3. The molecular weight excluding hydrogens is 337 g/mol. The summed E-state index contributed by atoms with van der Waals surface area (Å²) >= 11 is 0. The Morgan fingerprint density at radius 2 is 2.08 bits per heavy atom. The van der Waals surface area contributed by atoms with Crippen molar-refractivity contribution in [2.24, 2.45) is 0 Å². The van der Waals surface area contributed by atoms with E-state index in [9.17, 15) is 18.0 Å². The number of carbonyl (C=O) groups excluding carboxylic acids is 1. The maximum atomic E-state index is 12.7. The highest BCUT2D eigenvalue weighted by Gasteiger charge is 2.39. The van der Waals surface area contributed by atoms with Gasteiger partial charge < -0.3 is 9.80 Å². The minimum absolute atomic E-state index is 0.267. The number of likely N-dealkylation sites (N-methyl/N-ethyl adjacent to an activating group) is 1. The van der Waals surface area contributed by atoms with Gasteiger partial charge in [0.05, 0.1) is 12.6 Å². The molecule has 134 valence electrons. The molecule has 25 heavy (non-hydrogen) atoms. The van der Waals surface area contributed by atoms with Crippen LogP contribution in [0.3, 0.4) is 0 Å². The van der Waals surface area contributed by atoms with Crippen LogP contribution in [0.1, 0.15) is 19.8 Å². The summed E-state index contributed by atoms with van der Waals surface area (Å²) in [5.41, 5.74) is 0.390. The summed E-state index contributed by atoms with van der Waals surface area (Å²) in [7, 11) is 1.57. The number of hydrogen-bond acceptors (Lipinski definition) is 5. The van der Waals surface area contributed by atoms with E-state index in [1.165, 1.54) is 22.3 Å². The number of aromatic nitrogens is 4. The van der Waals surface area contributed by atoms with Crippen LogP contribution < -0.4 is 9.80 Å². The first-order valence-corrected chi connectivity index (χ1v) is 7.78. The second-order valence-electron chi connectivity index (χ2n) is 5.73. The Bertz CT molecular complexity index is 761. The van der Waals surface area contributed by atoms with Gasteiger partial charge in [-0.05, 0) is 6.42 Å². The van der Waals surface area contributed by atoms with Crippen molar-refractivity contribution in [3.8, 4) is 5.95 Å². The van der Waals surface area contributed by atoms with Crippen LogP contribution >= 0.6 is 0 Å². The highest BCUT2D eigenvalue weighted by Crippen LogP contribution is 2.35. The van der Waals surface area contributed by atoms with Crippen molar-refractivity contribution in [3.05, 3.63) is 24.9 Å². The van der Waals surface area contributed by atoms with Crippen molar-refractivity contribution in [1.82, 2.24) is 19.5 Å². The zero-order valence-electron chi connectivity index (χ0n) is 13.7. The summed E-state index contributed by atoms with van der Waals surface area (Å²) in [6.45, 7) is 1.43. The van der Waals surface area contributed by atoms with Gasteiger partial charge in [0, 0.05) is 26.0 Å². The molecule has 0 N–H and O–H groups in total. The first kappa shape index (κ1) is 17.2. The lowest BCUT2D eigenvalue weighted by Crippen LogP contribution is -2.53. The van der Waals surface area contributed by atoms with Crippen molar-refractivity contribution in [2.75, 3.05) is 23.4 Å². The predicted molar refractivity (Wildman–Crippen MR) is 84.7 cm³/mol. The van der Waals surface area contributed by atoms with E-state index in [2.05, 4.69) is 15.0 Å². The molecule has 0 saturated heterocycles. The van der Waals surface area contributed by atoms with Gasteiger partial charge in [-0.3, -0.25) is 9.36 Å². The van der Waals surface area contributed by atoms with Crippen molar-refractivity contribution in [1.29, 1.82) is 0 Å². The van der Waals surface area contributed by atoms with Gasteiger partial charge in [0.2, 0.25) is 11.9 Å². The first-order valence-electron chi connectivity index (χ1n) is 7.78. The van der Waals surface area contributed by atoms with Gasteiger partial charge in [0.15, 0.2) is 5.82 Å². The van der Waals surface area contributed by atoms with Gasteiger partial charge in [0.25, 0.3) is 0 Å². The Labute approximate surface area is 142 Å².